The Bertz CT molecular complexity index is 633. The van der Waals surface area contributed by atoms with Gasteiger partial charge in [0.15, 0.2) is 0 Å². The van der Waals surface area contributed by atoms with E-state index in [-0.39, 0.29) is 0 Å². The average molecular weight is 324 g/mol. The maximum absolute atomic E-state index is 4.57. The molecule has 0 aliphatic carbocycles. The molecule has 17 heavy (non-hydrogen) atoms. The fourth-order valence-corrected chi connectivity index (χ4v) is 3.57. The molecular formula is C11H6BrN3S2. The number of thiophene rings is 1. The minimum Gasteiger partial charge on any atom is -0.261 e. The Morgan fingerprint density at radius 2 is 2.06 bits per heavy atom. The Morgan fingerprint density at radius 3 is 2.76 bits per heavy atom. The van der Waals surface area contributed by atoms with E-state index < -0.39 is 0 Å². The lowest BCUT2D eigenvalue weighted by Crippen LogP contribution is -1.82. The van der Waals surface area contributed by atoms with Crippen molar-refractivity contribution < 1.29 is 0 Å². The second-order valence-corrected chi connectivity index (χ2v) is 6.55. The van der Waals surface area contributed by atoms with Crippen molar-refractivity contribution in [3.63, 3.8) is 0 Å². The molecule has 0 aliphatic rings. The first kappa shape index (κ1) is 11.0. The highest BCUT2D eigenvalue weighted by molar-refractivity contribution is 9.11. The summed E-state index contributed by atoms with van der Waals surface area (Å²) in [6.07, 6.45) is 5.07. The first-order valence-corrected chi connectivity index (χ1v) is 7.29. The molecule has 0 N–H and O–H groups in total. The predicted octanol–water partition coefficient (Wildman–Crippen LogP) is 4.09. The summed E-state index contributed by atoms with van der Waals surface area (Å²) in [5.74, 6) is 0. The van der Waals surface area contributed by atoms with Gasteiger partial charge in [-0.2, -0.15) is 0 Å². The highest BCUT2D eigenvalue weighted by Gasteiger charge is 2.09. The van der Waals surface area contributed by atoms with Crippen molar-refractivity contribution in [2.75, 3.05) is 0 Å². The van der Waals surface area contributed by atoms with Crippen molar-refractivity contribution in [1.29, 1.82) is 0 Å². The Labute approximate surface area is 114 Å². The molecule has 0 amide bonds. The summed E-state index contributed by atoms with van der Waals surface area (Å²) in [5, 5.41) is 2.94. The van der Waals surface area contributed by atoms with E-state index in [1.807, 2.05) is 11.4 Å². The van der Waals surface area contributed by atoms with Gasteiger partial charge in [-0.25, -0.2) is 4.98 Å². The van der Waals surface area contributed by atoms with Crippen LogP contribution in [-0.4, -0.2) is 15.0 Å². The van der Waals surface area contributed by atoms with Crippen LogP contribution in [0.15, 0.2) is 39.9 Å². The molecule has 84 valence electrons. The van der Waals surface area contributed by atoms with E-state index in [9.17, 15) is 0 Å². The van der Waals surface area contributed by atoms with Gasteiger partial charge in [0.05, 0.1) is 20.6 Å². The second kappa shape index (κ2) is 4.64. The van der Waals surface area contributed by atoms with Gasteiger partial charge in [0.2, 0.25) is 0 Å². The minimum absolute atomic E-state index is 0.819. The number of aromatic nitrogens is 3. The molecule has 0 bridgehead atoms. The number of thiazole rings is 1. The maximum atomic E-state index is 4.57. The molecule has 3 heterocycles. The molecule has 3 rings (SSSR count). The van der Waals surface area contributed by atoms with Crippen molar-refractivity contribution in [2.24, 2.45) is 0 Å². The molecular weight excluding hydrogens is 318 g/mol. The van der Waals surface area contributed by atoms with Crippen molar-refractivity contribution in [1.82, 2.24) is 15.0 Å². The molecule has 0 aliphatic heterocycles. The van der Waals surface area contributed by atoms with Gasteiger partial charge in [-0.05, 0) is 28.1 Å². The van der Waals surface area contributed by atoms with Crippen LogP contribution in [0.25, 0.3) is 21.3 Å². The standard InChI is InChI=1S/C11H6BrN3S2/c12-10-2-1-9(17-10)8-6-16-11(15-8)7-5-13-3-4-14-7/h1-6H. The van der Waals surface area contributed by atoms with Crippen LogP contribution in [0.3, 0.4) is 0 Å². The van der Waals surface area contributed by atoms with Gasteiger partial charge in [-0.1, -0.05) is 0 Å². The van der Waals surface area contributed by atoms with Crippen LogP contribution in [0, 0.1) is 0 Å². The van der Waals surface area contributed by atoms with Gasteiger partial charge in [-0.3, -0.25) is 9.97 Å². The highest BCUT2D eigenvalue weighted by atomic mass is 79.9. The van der Waals surface area contributed by atoms with E-state index in [0.717, 1.165) is 25.1 Å². The summed E-state index contributed by atoms with van der Waals surface area (Å²) in [6.45, 7) is 0. The third-order valence-electron chi connectivity index (χ3n) is 2.11. The summed E-state index contributed by atoms with van der Waals surface area (Å²) < 4.78 is 1.11. The molecule has 0 spiro atoms. The maximum Gasteiger partial charge on any atom is 0.144 e. The molecule has 0 radical (unpaired) electrons. The van der Waals surface area contributed by atoms with Crippen molar-refractivity contribution in [2.45, 2.75) is 0 Å². The van der Waals surface area contributed by atoms with Gasteiger partial charge in [-0.15, -0.1) is 22.7 Å². The lowest BCUT2D eigenvalue weighted by molar-refractivity contribution is 1.20. The summed E-state index contributed by atoms with van der Waals surface area (Å²) in [7, 11) is 0. The van der Waals surface area contributed by atoms with Crippen LogP contribution in [-0.2, 0) is 0 Å². The monoisotopic (exact) mass is 323 g/mol. The van der Waals surface area contributed by atoms with Gasteiger partial charge in [0.1, 0.15) is 10.7 Å². The van der Waals surface area contributed by atoms with Crippen molar-refractivity contribution in [3.05, 3.63) is 39.9 Å². The average Bonchev–Trinajstić information content (AvgIpc) is 2.98. The molecule has 0 unspecified atom stereocenters. The molecule has 0 saturated heterocycles. The molecule has 6 heteroatoms. The van der Waals surface area contributed by atoms with E-state index in [1.54, 1.807) is 41.3 Å². The Morgan fingerprint density at radius 1 is 1.12 bits per heavy atom. The fourth-order valence-electron chi connectivity index (χ4n) is 1.37. The molecule has 3 aromatic heterocycles. The molecule has 0 atom stereocenters. The molecule has 0 fully saturated rings. The van der Waals surface area contributed by atoms with Gasteiger partial charge >= 0.3 is 0 Å². The number of halogens is 1. The Kier molecular flexibility index (Phi) is 3.00. The van der Waals surface area contributed by atoms with E-state index in [2.05, 4.69) is 36.9 Å². The topological polar surface area (TPSA) is 38.7 Å². The van der Waals surface area contributed by atoms with Gasteiger partial charge in [0.25, 0.3) is 0 Å². The first-order chi connectivity index (χ1) is 8.33. The predicted molar refractivity (Wildman–Crippen MR) is 74.2 cm³/mol. The zero-order valence-electron chi connectivity index (χ0n) is 8.50. The third-order valence-corrected chi connectivity index (χ3v) is 4.62. The van der Waals surface area contributed by atoms with E-state index in [1.165, 1.54) is 0 Å². The second-order valence-electron chi connectivity index (χ2n) is 3.23. The summed E-state index contributed by atoms with van der Waals surface area (Å²) in [5.41, 5.74) is 1.81. The molecule has 3 aromatic rings. The number of hydrogen-bond acceptors (Lipinski definition) is 5. The summed E-state index contributed by atoms with van der Waals surface area (Å²) in [6, 6.07) is 4.09. The Balaban J connectivity index is 1.99. The van der Waals surface area contributed by atoms with E-state index in [4.69, 9.17) is 0 Å². The van der Waals surface area contributed by atoms with E-state index in [0.29, 0.717) is 0 Å². The largest absolute Gasteiger partial charge is 0.261 e. The number of nitrogens with zero attached hydrogens (tertiary/aromatic N) is 3. The van der Waals surface area contributed by atoms with Gasteiger partial charge < -0.3 is 0 Å². The highest BCUT2D eigenvalue weighted by Crippen LogP contribution is 2.33. The molecule has 0 saturated carbocycles. The van der Waals surface area contributed by atoms with Crippen LogP contribution >= 0.6 is 38.6 Å². The van der Waals surface area contributed by atoms with Gasteiger partial charge in [0, 0.05) is 17.8 Å². The van der Waals surface area contributed by atoms with Crippen LogP contribution in [0.4, 0.5) is 0 Å². The lowest BCUT2D eigenvalue weighted by Gasteiger charge is -1.92. The number of hydrogen-bond donors (Lipinski definition) is 0. The molecule has 0 aromatic carbocycles. The smallest absolute Gasteiger partial charge is 0.144 e. The van der Waals surface area contributed by atoms with Crippen molar-refractivity contribution >= 4 is 38.6 Å². The summed E-state index contributed by atoms with van der Waals surface area (Å²) in [4.78, 5) is 14.0. The van der Waals surface area contributed by atoms with Crippen LogP contribution in [0.2, 0.25) is 0 Å². The lowest BCUT2D eigenvalue weighted by atomic mass is 10.4. The van der Waals surface area contributed by atoms with E-state index >= 15 is 0 Å². The molecule has 3 nitrogen and oxygen atoms in total. The van der Waals surface area contributed by atoms with Crippen LogP contribution in [0.1, 0.15) is 0 Å². The normalized spacial score (nSPS) is 10.6. The SMILES string of the molecule is Brc1ccc(-c2csc(-c3cnccn3)n2)s1. The van der Waals surface area contributed by atoms with Crippen molar-refractivity contribution in [3.8, 4) is 21.3 Å². The first-order valence-electron chi connectivity index (χ1n) is 4.80. The van der Waals surface area contributed by atoms with Crippen LogP contribution < -0.4 is 0 Å². The zero-order valence-corrected chi connectivity index (χ0v) is 11.7. The quantitative estimate of drug-likeness (QED) is 0.713. The van der Waals surface area contributed by atoms with Crippen LogP contribution in [0.5, 0.6) is 0 Å². The minimum atomic E-state index is 0.819. The Hall–Kier alpha value is -1.11. The summed E-state index contributed by atoms with van der Waals surface area (Å²) >= 11 is 6.71. The zero-order chi connectivity index (χ0) is 11.7. The fraction of sp³-hybridized carbons (Fsp3) is 0. The number of rotatable bonds is 2. The third kappa shape index (κ3) is 2.29.